The molecular weight excluding hydrogens is 856 g/mol. The normalized spacial score (nSPS) is 9.71. The second kappa shape index (κ2) is 18.1. The van der Waals surface area contributed by atoms with Crippen molar-refractivity contribution in [3.8, 4) is 22.9 Å². The average Bonchev–Trinajstić information content (AvgIpc) is 2.89. The molecule has 38 heavy (non-hydrogen) atoms. The third-order valence-corrected chi connectivity index (χ3v) is 5.11. The van der Waals surface area contributed by atoms with Crippen LogP contribution in [0, 0.1) is 42.7 Å². The number of hydrogen-bond donors (Lipinski definition) is 2. The number of nitrogens with zero attached hydrogens (tertiary/aromatic N) is 2. The number of halogens is 4. The molecule has 0 fully saturated rings. The molecule has 2 heterocycles. The molecule has 2 aromatic carbocycles. The Bertz CT molecular complexity index is 1380. The Hall–Kier alpha value is -2.23. The molecule has 2 N–H and O–H groups in total. The van der Waals surface area contributed by atoms with E-state index in [1.807, 2.05) is 0 Å². The molecule has 4 rings (SSSR count). The molecule has 0 atom stereocenters. The van der Waals surface area contributed by atoms with Crippen molar-refractivity contribution in [2.24, 2.45) is 0 Å². The number of rotatable bonds is 6. The topological polar surface area (TPSA) is 93.7 Å². The van der Waals surface area contributed by atoms with E-state index in [1.54, 1.807) is 24.4 Å². The number of aliphatic hydroxyl groups is 1. The quantitative estimate of drug-likeness (QED) is 0.257. The van der Waals surface area contributed by atoms with Gasteiger partial charge in [0.15, 0.2) is 0 Å². The van der Waals surface area contributed by atoms with Gasteiger partial charge in [-0.2, -0.15) is 0 Å². The summed E-state index contributed by atoms with van der Waals surface area (Å²) in [6.07, 6.45) is 3.05. The minimum atomic E-state index is -0.360. The van der Waals surface area contributed by atoms with E-state index in [9.17, 15) is 18.4 Å². The van der Waals surface area contributed by atoms with Crippen molar-refractivity contribution >= 4 is 31.9 Å². The first-order chi connectivity index (χ1) is 17.8. The van der Waals surface area contributed by atoms with Crippen LogP contribution in [0.5, 0.6) is 11.5 Å². The Balaban J connectivity index is 0. The van der Waals surface area contributed by atoms with Crippen molar-refractivity contribution < 1.29 is 57.7 Å². The molecule has 0 bridgehead atoms. The van der Waals surface area contributed by atoms with Gasteiger partial charge < -0.3 is 14.9 Å². The summed E-state index contributed by atoms with van der Waals surface area (Å²) >= 11 is 6.24. The van der Waals surface area contributed by atoms with Gasteiger partial charge in [-0.3, -0.25) is 18.7 Å². The van der Waals surface area contributed by atoms with Gasteiger partial charge in [-0.05, 0) is 60.7 Å². The van der Waals surface area contributed by atoms with Crippen LogP contribution in [0.4, 0.5) is 8.78 Å². The van der Waals surface area contributed by atoms with Crippen molar-refractivity contribution in [1.29, 1.82) is 0 Å². The maximum absolute atomic E-state index is 12.8. The fraction of sp³-hybridized carbons (Fsp3) is 0.154. The van der Waals surface area contributed by atoms with Crippen molar-refractivity contribution in [2.75, 3.05) is 23.9 Å². The molecule has 0 amide bonds. The van der Waals surface area contributed by atoms with Gasteiger partial charge in [0.25, 0.3) is 11.1 Å². The van der Waals surface area contributed by atoms with Gasteiger partial charge in [-0.15, -0.1) is 0 Å². The van der Waals surface area contributed by atoms with E-state index >= 15 is 0 Å². The first-order valence-corrected chi connectivity index (χ1v) is 13.0. The second-order valence-electron chi connectivity index (χ2n) is 7.07. The summed E-state index contributed by atoms with van der Waals surface area (Å²) in [6, 6.07) is 16.9. The van der Waals surface area contributed by atoms with E-state index in [4.69, 9.17) is 14.9 Å². The zero-order valence-electron chi connectivity index (χ0n) is 19.9. The van der Waals surface area contributed by atoms with Crippen LogP contribution < -0.4 is 15.9 Å². The van der Waals surface area contributed by atoms with Crippen molar-refractivity contribution in [3.05, 3.63) is 118 Å². The minimum Gasteiger partial charge on any atom is -0.508 e. The second-order valence-corrected chi connectivity index (χ2v) is 8.65. The molecule has 0 saturated carbocycles. The number of aromatic hydroxyl groups is 1. The van der Waals surface area contributed by atoms with Gasteiger partial charge in [-0.25, -0.2) is 8.78 Å². The van der Waals surface area contributed by atoms with Gasteiger partial charge in [0.2, 0.25) is 0 Å². The minimum absolute atomic E-state index is 0. The number of ether oxygens (including phenoxy) is 1. The number of benzene rings is 2. The third-order valence-electron chi connectivity index (χ3n) is 4.43. The van der Waals surface area contributed by atoms with Crippen LogP contribution in [0.3, 0.4) is 0 Å². The van der Waals surface area contributed by atoms with Crippen molar-refractivity contribution in [3.63, 3.8) is 0 Å². The first kappa shape index (κ1) is 33.8. The zero-order chi connectivity index (χ0) is 27.2. The molecule has 2 aromatic heterocycles. The summed E-state index contributed by atoms with van der Waals surface area (Å²) in [5, 5.41) is 18.3. The van der Waals surface area contributed by atoms with E-state index in [1.165, 1.54) is 63.9 Å². The molecule has 0 spiro atoms. The number of aliphatic hydroxyl groups excluding tert-OH is 1. The molecule has 204 valence electrons. The molecule has 0 radical (unpaired) electrons. The maximum Gasteiger partial charge on any atom is 0.258 e. The van der Waals surface area contributed by atoms with Gasteiger partial charge in [0.1, 0.15) is 23.1 Å². The van der Waals surface area contributed by atoms with Crippen LogP contribution in [0.1, 0.15) is 2.85 Å². The monoisotopic (exact) mass is 885 g/mol. The third kappa shape index (κ3) is 11.3. The maximum atomic E-state index is 12.8. The van der Waals surface area contributed by atoms with E-state index < -0.39 is 0 Å². The molecule has 0 unspecified atom stereocenters. The van der Waals surface area contributed by atoms with Crippen LogP contribution >= 0.6 is 31.9 Å². The molecular formula is C26H28Br2F2N2O5U. The zero-order valence-corrected chi connectivity index (χ0v) is 27.3. The molecule has 4 aromatic rings. The summed E-state index contributed by atoms with van der Waals surface area (Å²) in [6.45, 7) is 0.736. The Labute approximate surface area is 261 Å². The van der Waals surface area contributed by atoms with Crippen LogP contribution in [0.15, 0.2) is 94.8 Å². The van der Waals surface area contributed by atoms with E-state index in [-0.39, 0.29) is 69.1 Å². The predicted octanol–water partition coefficient (Wildman–Crippen LogP) is 5.30. The Kier molecular flexibility index (Phi) is 16.1. The molecule has 12 heteroatoms. The summed E-state index contributed by atoms with van der Waals surface area (Å²) in [5.74, 6) is -0.245. The summed E-state index contributed by atoms with van der Waals surface area (Å²) in [5.41, 5.74) is 0.602. The Morgan fingerprint density at radius 2 is 1.24 bits per heavy atom. The van der Waals surface area contributed by atoms with Crippen molar-refractivity contribution in [1.82, 2.24) is 9.13 Å². The number of hydrogen-bond acceptors (Lipinski definition) is 5. The largest absolute Gasteiger partial charge is 0.508 e. The fourth-order valence-electron chi connectivity index (χ4n) is 2.81. The number of pyridine rings is 2. The van der Waals surface area contributed by atoms with E-state index in [2.05, 4.69) is 31.9 Å². The van der Waals surface area contributed by atoms with Gasteiger partial charge >= 0.3 is 0 Å². The molecule has 0 aliphatic rings. The Morgan fingerprint density at radius 3 is 1.63 bits per heavy atom. The van der Waals surface area contributed by atoms with Crippen molar-refractivity contribution in [2.45, 2.75) is 0 Å². The molecule has 7 nitrogen and oxygen atoms in total. The molecule has 0 aliphatic carbocycles. The van der Waals surface area contributed by atoms with Crippen LogP contribution in [0.2, 0.25) is 0 Å². The summed E-state index contributed by atoms with van der Waals surface area (Å²) in [4.78, 5) is 23.3. The molecule has 0 aliphatic heterocycles. The average molecular weight is 887 g/mol. The number of aromatic nitrogens is 2. The first-order valence-electron chi connectivity index (χ1n) is 10.8. The smallest absolute Gasteiger partial charge is 0.258 e. The number of alkyl halides is 2. The fourth-order valence-corrected chi connectivity index (χ4v) is 2.97. The Morgan fingerprint density at radius 1 is 0.789 bits per heavy atom. The standard InChI is InChI=1S/C13H11BrFNO2.C11H8FNO2.C2H5BrO.U.2H2/c14-6-8-18-12-5-7-16(13(17)9-12)11-3-1-10(15)2-4-11;12-8-1-3-9(4-2-8)13-6-5-10(14)7-11(13)15;3-1-2-4;;;/h1-5,7,9H,6,8H2;1-7,14H;4H,1-2H2;;2*1H/i;;;;1+2;1+1. The van der Waals surface area contributed by atoms with Crippen LogP contribution in [-0.4, -0.2) is 43.2 Å². The predicted molar refractivity (Wildman–Crippen MR) is 150 cm³/mol. The SMILES string of the molecule is O=c1cc(O)ccn1-c1ccc(F)cc1.O=c1cc(OCCBr)ccn1-c1ccc(F)cc1.OCCBr.[2HH].[3HH].[U]. The van der Waals surface area contributed by atoms with E-state index in [0.717, 1.165) is 6.07 Å². The van der Waals surface area contributed by atoms with E-state index in [0.29, 0.717) is 34.4 Å². The van der Waals surface area contributed by atoms with Crippen LogP contribution in [-0.2, 0) is 0 Å². The summed E-state index contributed by atoms with van der Waals surface area (Å²) in [7, 11) is 0. The van der Waals surface area contributed by atoms with Crippen LogP contribution in [0.25, 0.3) is 11.4 Å². The van der Waals surface area contributed by atoms with Gasteiger partial charge in [0.05, 0.1) is 13.2 Å². The summed E-state index contributed by atoms with van der Waals surface area (Å²) < 4.78 is 33.5. The molecule has 0 saturated heterocycles. The van der Waals surface area contributed by atoms with Gasteiger partial charge in [0, 0.05) is 80.5 Å². The van der Waals surface area contributed by atoms with Gasteiger partial charge in [-0.1, -0.05) is 31.9 Å².